The number of carbonyl (C=O) groups excluding carboxylic acids is 1. The van der Waals surface area contributed by atoms with Gasteiger partial charge in [0.2, 0.25) is 0 Å². The fourth-order valence-electron chi connectivity index (χ4n) is 3.06. The van der Waals surface area contributed by atoms with E-state index in [0.29, 0.717) is 6.61 Å². The van der Waals surface area contributed by atoms with Crippen molar-refractivity contribution in [2.24, 2.45) is 5.92 Å². The van der Waals surface area contributed by atoms with Crippen LogP contribution in [0.2, 0.25) is 0 Å². The summed E-state index contributed by atoms with van der Waals surface area (Å²) in [5.41, 5.74) is 2.39. The SMILES string of the molecule is CCN(CC)Cc1ccc(COC(=O)C2CCCCC2)cc1. The molecule has 0 spiro atoms. The van der Waals surface area contributed by atoms with E-state index in [-0.39, 0.29) is 11.9 Å². The van der Waals surface area contributed by atoms with Crippen LogP contribution in [0.3, 0.4) is 0 Å². The number of ether oxygens (including phenoxy) is 1. The van der Waals surface area contributed by atoms with Crippen molar-refractivity contribution in [1.29, 1.82) is 0 Å². The molecule has 2 rings (SSSR count). The molecule has 1 fully saturated rings. The summed E-state index contributed by atoms with van der Waals surface area (Å²) in [6, 6.07) is 8.43. The third-order valence-electron chi connectivity index (χ3n) is 4.64. The van der Waals surface area contributed by atoms with Crippen molar-refractivity contribution >= 4 is 5.97 Å². The van der Waals surface area contributed by atoms with E-state index >= 15 is 0 Å². The molecule has 0 aliphatic heterocycles. The Labute approximate surface area is 134 Å². The molecule has 122 valence electrons. The highest BCUT2D eigenvalue weighted by molar-refractivity contribution is 5.72. The van der Waals surface area contributed by atoms with E-state index in [2.05, 4.69) is 43.0 Å². The highest BCUT2D eigenvalue weighted by atomic mass is 16.5. The normalized spacial score (nSPS) is 16.0. The fourth-order valence-corrected chi connectivity index (χ4v) is 3.06. The van der Waals surface area contributed by atoms with Gasteiger partial charge in [-0.1, -0.05) is 57.4 Å². The van der Waals surface area contributed by atoms with Crippen molar-refractivity contribution in [3.05, 3.63) is 35.4 Å². The molecule has 1 aromatic carbocycles. The molecule has 1 aliphatic carbocycles. The lowest BCUT2D eigenvalue weighted by atomic mass is 9.89. The van der Waals surface area contributed by atoms with Crippen molar-refractivity contribution < 1.29 is 9.53 Å². The maximum atomic E-state index is 12.0. The Balaban J connectivity index is 1.79. The number of hydrogen-bond acceptors (Lipinski definition) is 3. The second-order valence-electron chi connectivity index (χ2n) is 6.22. The molecule has 0 saturated heterocycles. The highest BCUT2D eigenvalue weighted by Gasteiger charge is 2.22. The zero-order chi connectivity index (χ0) is 15.8. The van der Waals surface area contributed by atoms with E-state index in [9.17, 15) is 4.79 Å². The molecule has 0 unspecified atom stereocenters. The minimum atomic E-state index is -0.00748. The average Bonchev–Trinajstić information content (AvgIpc) is 2.59. The van der Waals surface area contributed by atoms with Crippen LogP contribution in [-0.2, 0) is 22.7 Å². The van der Waals surface area contributed by atoms with Crippen LogP contribution >= 0.6 is 0 Å². The van der Waals surface area contributed by atoms with Gasteiger partial charge < -0.3 is 4.74 Å². The summed E-state index contributed by atoms with van der Waals surface area (Å²) < 4.78 is 5.48. The molecule has 3 nitrogen and oxygen atoms in total. The second kappa shape index (κ2) is 8.94. The molecule has 0 atom stereocenters. The Morgan fingerprint density at radius 2 is 1.64 bits per heavy atom. The van der Waals surface area contributed by atoms with Crippen LogP contribution in [0.4, 0.5) is 0 Å². The van der Waals surface area contributed by atoms with Gasteiger partial charge in [-0.2, -0.15) is 0 Å². The summed E-state index contributed by atoms with van der Waals surface area (Å²) in [5, 5.41) is 0. The van der Waals surface area contributed by atoms with Crippen LogP contribution in [0.5, 0.6) is 0 Å². The van der Waals surface area contributed by atoms with E-state index in [1.807, 2.05) is 0 Å². The van der Waals surface area contributed by atoms with Crippen LogP contribution in [0.15, 0.2) is 24.3 Å². The predicted molar refractivity (Wildman–Crippen MR) is 89.4 cm³/mol. The van der Waals surface area contributed by atoms with Gasteiger partial charge in [0.15, 0.2) is 0 Å². The van der Waals surface area contributed by atoms with Gasteiger partial charge in [-0.25, -0.2) is 0 Å². The summed E-state index contributed by atoms with van der Waals surface area (Å²) >= 11 is 0. The van der Waals surface area contributed by atoms with E-state index in [4.69, 9.17) is 4.74 Å². The van der Waals surface area contributed by atoms with Gasteiger partial charge in [-0.3, -0.25) is 9.69 Å². The molecular formula is C19H29NO2. The molecule has 3 heteroatoms. The lowest BCUT2D eigenvalue weighted by Crippen LogP contribution is -2.22. The van der Waals surface area contributed by atoms with E-state index in [1.165, 1.54) is 24.8 Å². The molecule has 1 saturated carbocycles. The number of hydrogen-bond donors (Lipinski definition) is 0. The van der Waals surface area contributed by atoms with Crippen LogP contribution in [0.25, 0.3) is 0 Å². The number of esters is 1. The van der Waals surface area contributed by atoms with Crippen LogP contribution in [0, 0.1) is 5.92 Å². The van der Waals surface area contributed by atoms with Crippen molar-refractivity contribution in [2.75, 3.05) is 13.1 Å². The average molecular weight is 303 g/mol. The van der Waals surface area contributed by atoms with Gasteiger partial charge >= 0.3 is 5.97 Å². The third-order valence-corrected chi connectivity index (χ3v) is 4.64. The minimum Gasteiger partial charge on any atom is -0.461 e. The lowest BCUT2D eigenvalue weighted by molar-refractivity contribution is -0.151. The van der Waals surface area contributed by atoms with Gasteiger partial charge in [0.05, 0.1) is 5.92 Å². The summed E-state index contributed by atoms with van der Waals surface area (Å²) in [6.07, 6.45) is 5.60. The number of rotatable bonds is 7. The first-order valence-corrected chi connectivity index (χ1v) is 8.69. The third kappa shape index (κ3) is 5.13. The van der Waals surface area contributed by atoms with Crippen molar-refractivity contribution in [2.45, 2.75) is 59.1 Å². The number of benzene rings is 1. The zero-order valence-electron chi connectivity index (χ0n) is 14.0. The van der Waals surface area contributed by atoms with Gasteiger partial charge in [-0.05, 0) is 37.1 Å². The molecule has 1 aromatic rings. The van der Waals surface area contributed by atoms with Crippen molar-refractivity contribution in [3.63, 3.8) is 0 Å². The molecule has 0 amide bonds. The maximum absolute atomic E-state index is 12.0. The van der Waals surface area contributed by atoms with Gasteiger partial charge in [-0.15, -0.1) is 0 Å². The van der Waals surface area contributed by atoms with Crippen LogP contribution in [0.1, 0.15) is 57.1 Å². The Kier molecular flexibility index (Phi) is 6.91. The topological polar surface area (TPSA) is 29.5 Å². The highest BCUT2D eigenvalue weighted by Crippen LogP contribution is 2.25. The summed E-state index contributed by atoms with van der Waals surface area (Å²) in [7, 11) is 0. The monoisotopic (exact) mass is 303 g/mol. The summed E-state index contributed by atoms with van der Waals surface area (Å²) in [6.45, 7) is 7.88. The number of nitrogens with zero attached hydrogens (tertiary/aromatic N) is 1. The van der Waals surface area contributed by atoms with Gasteiger partial charge in [0, 0.05) is 6.54 Å². The van der Waals surface area contributed by atoms with Gasteiger partial charge in [0.1, 0.15) is 6.61 Å². The molecule has 1 aliphatic rings. The standard InChI is InChI=1S/C19H29NO2/c1-3-20(4-2)14-16-10-12-17(13-11-16)15-22-19(21)18-8-6-5-7-9-18/h10-13,18H,3-9,14-15H2,1-2H3. The Morgan fingerprint density at radius 1 is 1.05 bits per heavy atom. The Morgan fingerprint density at radius 3 is 2.23 bits per heavy atom. The Bertz CT molecular complexity index is 445. The minimum absolute atomic E-state index is 0.00748. The molecule has 0 bridgehead atoms. The molecule has 22 heavy (non-hydrogen) atoms. The largest absolute Gasteiger partial charge is 0.461 e. The van der Waals surface area contributed by atoms with E-state index in [0.717, 1.165) is 38.0 Å². The summed E-state index contributed by atoms with van der Waals surface area (Å²) in [4.78, 5) is 14.4. The van der Waals surface area contributed by atoms with Gasteiger partial charge in [0.25, 0.3) is 0 Å². The maximum Gasteiger partial charge on any atom is 0.309 e. The van der Waals surface area contributed by atoms with Crippen LogP contribution in [-0.4, -0.2) is 24.0 Å². The first-order chi connectivity index (χ1) is 10.7. The zero-order valence-corrected chi connectivity index (χ0v) is 14.0. The smallest absolute Gasteiger partial charge is 0.309 e. The van der Waals surface area contributed by atoms with E-state index in [1.54, 1.807) is 0 Å². The second-order valence-corrected chi connectivity index (χ2v) is 6.22. The molecule has 0 aromatic heterocycles. The van der Waals surface area contributed by atoms with Crippen molar-refractivity contribution in [3.8, 4) is 0 Å². The Hall–Kier alpha value is -1.35. The molecule has 0 radical (unpaired) electrons. The molecular weight excluding hydrogens is 274 g/mol. The molecule has 0 N–H and O–H groups in total. The quantitative estimate of drug-likeness (QED) is 0.709. The number of carbonyl (C=O) groups is 1. The lowest BCUT2D eigenvalue weighted by Gasteiger charge is -2.20. The summed E-state index contributed by atoms with van der Waals surface area (Å²) in [5.74, 6) is 0.127. The molecule has 0 heterocycles. The van der Waals surface area contributed by atoms with E-state index < -0.39 is 0 Å². The first kappa shape index (κ1) is 17.0. The first-order valence-electron chi connectivity index (χ1n) is 8.69. The van der Waals surface area contributed by atoms with Crippen molar-refractivity contribution in [1.82, 2.24) is 4.90 Å². The van der Waals surface area contributed by atoms with Crippen LogP contribution < -0.4 is 0 Å². The predicted octanol–water partition coefficient (Wildman–Crippen LogP) is 4.15. The fraction of sp³-hybridized carbons (Fsp3) is 0.632.